The molecule has 0 radical (unpaired) electrons. The van der Waals surface area contributed by atoms with Gasteiger partial charge in [-0.15, -0.1) is 5.73 Å². The summed E-state index contributed by atoms with van der Waals surface area (Å²) in [4.78, 5) is 0. The highest BCUT2D eigenvalue weighted by Gasteiger charge is 2.31. The molecule has 0 bridgehead atoms. The molecule has 0 heterocycles. The highest BCUT2D eigenvalue weighted by molar-refractivity contribution is 7.82. The Hall–Kier alpha value is -1.85. The van der Waals surface area contributed by atoms with Gasteiger partial charge in [0.05, 0.1) is 0 Å². The van der Waals surface area contributed by atoms with Crippen LogP contribution in [0, 0.1) is 5.41 Å². The summed E-state index contributed by atoms with van der Waals surface area (Å²) in [6, 6.07) is 19.0. The molecule has 0 aliphatic heterocycles. The smallest absolute Gasteiger partial charge is 0.174 e. The van der Waals surface area contributed by atoms with Crippen molar-refractivity contribution in [2.75, 3.05) is 6.61 Å². The van der Waals surface area contributed by atoms with Gasteiger partial charge in [0.1, 0.15) is 0 Å². The van der Waals surface area contributed by atoms with Crippen molar-refractivity contribution in [3.8, 4) is 0 Å². The summed E-state index contributed by atoms with van der Waals surface area (Å²) in [5.74, 6) is 0. The molecule has 2 rings (SSSR count). The van der Waals surface area contributed by atoms with Crippen molar-refractivity contribution in [1.29, 1.82) is 0 Å². The molecule has 0 spiro atoms. The molecule has 1 N–H and O–H groups in total. The van der Waals surface area contributed by atoms with Gasteiger partial charge < -0.3 is 9.67 Å². The average molecular weight is 340 g/mol. The normalized spacial score (nSPS) is 11.7. The fourth-order valence-corrected chi connectivity index (χ4v) is 5.23. The minimum atomic E-state index is -3.02. The van der Waals surface area contributed by atoms with Gasteiger partial charge in [0.25, 0.3) is 0 Å². The molecule has 0 saturated carbocycles. The Kier molecular flexibility index (Phi) is 6.02. The third kappa shape index (κ3) is 4.36. The van der Waals surface area contributed by atoms with Gasteiger partial charge in [-0.2, -0.15) is 0 Å². The zero-order chi connectivity index (χ0) is 17.6. The molecule has 0 aromatic heterocycles. The van der Waals surface area contributed by atoms with Gasteiger partial charge in [0, 0.05) is 29.0 Å². The highest BCUT2D eigenvalue weighted by Crippen LogP contribution is 2.52. The monoisotopic (exact) mass is 340 g/mol. The summed E-state index contributed by atoms with van der Waals surface area (Å²) in [5.41, 5.74) is 3.20. The largest absolute Gasteiger partial charge is 0.396 e. The lowest BCUT2D eigenvalue weighted by Crippen LogP contribution is -2.17. The van der Waals surface area contributed by atoms with E-state index in [1.807, 2.05) is 66.7 Å². The van der Waals surface area contributed by atoms with Crippen molar-refractivity contribution in [2.24, 2.45) is 5.41 Å². The van der Waals surface area contributed by atoms with E-state index in [0.717, 1.165) is 10.6 Å². The summed E-state index contributed by atoms with van der Waals surface area (Å²) < 4.78 is 14.2. The molecule has 0 aliphatic carbocycles. The third-order valence-corrected chi connectivity index (χ3v) is 6.80. The van der Waals surface area contributed by atoms with Crippen molar-refractivity contribution in [2.45, 2.75) is 27.2 Å². The first-order valence-corrected chi connectivity index (χ1v) is 9.88. The molecule has 0 saturated heterocycles. The second-order valence-electron chi connectivity index (χ2n) is 6.86. The van der Waals surface area contributed by atoms with Crippen LogP contribution in [-0.2, 0) is 4.57 Å². The minimum Gasteiger partial charge on any atom is -0.396 e. The molecular formula is C21H25O2P. The number of rotatable bonds is 5. The first-order valence-electron chi connectivity index (χ1n) is 8.17. The Morgan fingerprint density at radius 1 is 1.00 bits per heavy atom. The standard InChI is InChI=1S/C21H25O2P/c1-21(2,3)16-14-20(15-17-22)24(23,18-10-6-4-7-11-18)19-12-8-5-9-13-19/h4-13,16,22H,15,17H2,1-3H3. The van der Waals surface area contributed by atoms with E-state index in [0.29, 0.717) is 11.7 Å². The van der Waals surface area contributed by atoms with Crippen LogP contribution >= 0.6 is 7.14 Å². The zero-order valence-electron chi connectivity index (χ0n) is 14.6. The van der Waals surface area contributed by atoms with Crippen molar-refractivity contribution in [3.05, 3.63) is 77.8 Å². The molecule has 2 nitrogen and oxygen atoms in total. The number of benzene rings is 2. The average Bonchev–Trinajstić information content (AvgIpc) is 2.58. The molecule has 126 valence electrons. The summed E-state index contributed by atoms with van der Waals surface area (Å²) in [5, 5.41) is 11.7. The van der Waals surface area contributed by atoms with Crippen LogP contribution in [0.3, 0.4) is 0 Å². The van der Waals surface area contributed by atoms with E-state index in [2.05, 4.69) is 26.5 Å². The fourth-order valence-electron chi connectivity index (χ4n) is 2.46. The van der Waals surface area contributed by atoms with Gasteiger partial charge >= 0.3 is 0 Å². The van der Waals surface area contributed by atoms with Crippen molar-refractivity contribution >= 4 is 17.8 Å². The van der Waals surface area contributed by atoms with Gasteiger partial charge in [0.2, 0.25) is 0 Å². The van der Waals surface area contributed by atoms with Crippen LogP contribution in [0.5, 0.6) is 0 Å². The van der Waals surface area contributed by atoms with Crippen molar-refractivity contribution < 1.29 is 9.67 Å². The summed E-state index contributed by atoms with van der Waals surface area (Å²) in [7, 11) is -3.02. The van der Waals surface area contributed by atoms with Gasteiger partial charge in [-0.25, -0.2) is 0 Å². The molecular weight excluding hydrogens is 315 g/mol. The van der Waals surface area contributed by atoms with Crippen LogP contribution in [-0.4, -0.2) is 11.7 Å². The molecule has 24 heavy (non-hydrogen) atoms. The second-order valence-corrected chi connectivity index (χ2v) is 9.65. The maximum absolute atomic E-state index is 14.2. The summed E-state index contributed by atoms with van der Waals surface area (Å²) in [6.45, 7) is 6.18. The van der Waals surface area contributed by atoms with E-state index >= 15 is 0 Å². The SMILES string of the molecule is CC(C)(C)C=C=C(CCO)P(=O)(c1ccccc1)c1ccccc1. The lowest BCUT2D eigenvalue weighted by atomic mass is 9.97. The maximum atomic E-state index is 14.2. The first kappa shape index (κ1) is 18.5. The topological polar surface area (TPSA) is 37.3 Å². The van der Waals surface area contributed by atoms with Gasteiger partial charge in [-0.3, -0.25) is 0 Å². The van der Waals surface area contributed by atoms with Crippen LogP contribution in [0.2, 0.25) is 0 Å². The van der Waals surface area contributed by atoms with E-state index in [-0.39, 0.29) is 12.0 Å². The Morgan fingerprint density at radius 3 is 1.83 bits per heavy atom. The van der Waals surface area contributed by atoms with Crippen LogP contribution in [0.15, 0.2) is 77.8 Å². The van der Waals surface area contributed by atoms with Gasteiger partial charge in [0.15, 0.2) is 7.14 Å². The lowest BCUT2D eigenvalue weighted by molar-refractivity contribution is 0.301. The lowest BCUT2D eigenvalue weighted by Gasteiger charge is -2.21. The van der Waals surface area contributed by atoms with Crippen LogP contribution < -0.4 is 10.6 Å². The molecule has 0 fully saturated rings. The number of aliphatic hydroxyl groups excluding tert-OH is 1. The van der Waals surface area contributed by atoms with E-state index in [1.165, 1.54) is 0 Å². The van der Waals surface area contributed by atoms with Crippen LogP contribution in [0.1, 0.15) is 27.2 Å². The second kappa shape index (κ2) is 7.81. The van der Waals surface area contributed by atoms with Gasteiger partial charge in [-0.05, 0) is 11.5 Å². The van der Waals surface area contributed by atoms with Crippen molar-refractivity contribution in [3.63, 3.8) is 0 Å². The Morgan fingerprint density at radius 2 is 1.46 bits per heavy atom. The summed E-state index contributed by atoms with van der Waals surface area (Å²) >= 11 is 0. The van der Waals surface area contributed by atoms with E-state index in [4.69, 9.17) is 0 Å². The number of hydrogen-bond acceptors (Lipinski definition) is 2. The first-order chi connectivity index (χ1) is 11.4. The summed E-state index contributed by atoms with van der Waals surface area (Å²) in [6.07, 6.45) is 2.28. The van der Waals surface area contributed by atoms with Crippen LogP contribution in [0.4, 0.5) is 0 Å². The third-order valence-electron chi connectivity index (χ3n) is 3.64. The van der Waals surface area contributed by atoms with E-state index in [9.17, 15) is 9.67 Å². The Bertz CT molecular complexity index is 721. The molecule has 0 atom stereocenters. The number of hydrogen-bond donors (Lipinski definition) is 1. The predicted octanol–water partition coefficient (Wildman–Crippen LogP) is 4.47. The van der Waals surface area contributed by atoms with E-state index < -0.39 is 7.14 Å². The molecule has 0 amide bonds. The molecule has 3 heteroatoms. The molecule has 0 aliphatic rings. The maximum Gasteiger partial charge on any atom is 0.174 e. The fraction of sp³-hybridized carbons (Fsp3) is 0.286. The van der Waals surface area contributed by atoms with E-state index in [1.54, 1.807) is 0 Å². The van der Waals surface area contributed by atoms with Gasteiger partial charge in [-0.1, -0.05) is 81.4 Å². The molecule has 0 unspecified atom stereocenters. The molecule has 2 aromatic rings. The molecule has 2 aromatic carbocycles. The predicted molar refractivity (Wildman–Crippen MR) is 103 cm³/mol. The number of aliphatic hydroxyl groups is 1. The highest BCUT2D eigenvalue weighted by atomic mass is 31.2. The quantitative estimate of drug-likeness (QED) is 0.644. The Balaban J connectivity index is 2.74. The van der Waals surface area contributed by atoms with Crippen molar-refractivity contribution in [1.82, 2.24) is 0 Å². The zero-order valence-corrected chi connectivity index (χ0v) is 15.5. The van der Waals surface area contributed by atoms with Crippen LogP contribution in [0.25, 0.3) is 0 Å². The Labute approximate surface area is 144 Å². The minimum absolute atomic E-state index is 0.0516.